The van der Waals surface area contributed by atoms with Gasteiger partial charge in [0.1, 0.15) is 0 Å². The fraction of sp³-hybridized carbons (Fsp3) is 0.375. The molecule has 0 radical (unpaired) electrons. The minimum atomic E-state index is -0.0370. The van der Waals surface area contributed by atoms with E-state index in [9.17, 15) is 4.79 Å². The maximum Gasteiger partial charge on any atom is 0.248 e. The lowest BCUT2D eigenvalue weighted by Gasteiger charge is -1.83. The van der Waals surface area contributed by atoms with E-state index in [4.69, 9.17) is 0 Å². The molecule has 0 saturated carbocycles. The van der Waals surface area contributed by atoms with Crippen LogP contribution in [0.15, 0.2) is 47.7 Å². The van der Waals surface area contributed by atoms with Crippen molar-refractivity contribution in [3.05, 3.63) is 64.3 Å². The van der Waals surface area contributed by atoms with Gasteiger partial charge in [0.2, 0.25) is 5.56 Å². The molecular weight excluding hydrogens is 236 g/mol. The average Bonchev–Trinajstić information content (AvgIpc) is 2.44. The Morgan fingerprint density at radius 1 is 0.895 bits per heavy atom. The number of hydrogen-bond acceptors (Lipinski definition) is 2. The molecule has 0 unspecified atom stereocenters. The second kappa shape index (κ2) is 14.2. The van der Waals surface area contributed by atoms with Crippen molar-refractivity contribution in [1.82, 2.24) is 9.97 Å². The van der Waals surface area contributed by atoms with E-state index in [1.807, 2.05) is 59.7 Å². The summed E-state index contributed by atoms with van der Waals surface area (Å²) >= 11 is 0. The normalized spacial score (nSPS) is 7.68. The number of nitrogens with one attached hydrogen (secondary N) is 1. The number of pyridine rings is 2. The third-order valence-corrected chi connectivity index (χ3v) is 1.78. The van der Waals surface area contributed by atoms with Gasteiger partial charge in [-0.2, -0.15) is 0 Å². The van der Waals surface area contributed by atoms with Crippen molar-refractivity contribution in [3.8, 4) is 0 Å². The fourth-order valence-electron chi connectivity index (χ4n) is 0.978. The van der Waals surface area contributed by atoms with Gasteiger partial charge in [0.15, 0.2) is 0 Å². The highest BCUT2D eigenvalue weighted by molar-refractivity contribution is 5.06. The minimum absolute atomic E-state index is 0.0370. The summed E-state index contributed by atoms with van der Waals surface area (Å²) in [6, 6.07) is 7.35. The van der Waals surface area contributed by atoms with Crippen LogP contribution in [0.1, 0.15) is 38.8 Å². The van der Waals surface area contributed by atoms with Crippen molar-refractivity contribution in [2.75, 3.05) is 0 Å². The van der Waals surface area contributed by atoms with Gasteiger partial charge in [0, 0.05) is 24.7 Å². The first-order chi connectivity index (χ1) is 9.18. The van der Waals surface area contributed by atoms with Crippen LogP contribution in [-0.4, -0.2) is 9.97 Å². The Hall–Kier alpha value is -1.90. The molecule has 0 atom stereocenters. The standard InChI is InChI=1S/C6H7NO.C6H7N.2C2H6/c1-5-2-3-7-6(8)4-5;1-6-2-4-7-5-3-6;2*1-2/h2-4H,1H3,(H,7,8);2-5H,1H3;2*1-2H3. The summed E-state index contributed by atoms with van der Waals surface area (Å²) < 4.78 is 0. The molecular formula is C16H26N2O. The molecule has 0 aliphatic carbocycles. The Labute approximate surface area is 116 Å². The predicted molar refractivity (Wildman–Crippen MR) is 83.5 cm³/mol. The van der Waals surface area contributed by atoms with Crippen molar-refractivity contribution in [2.45, 2.75) is 41.5 Å². The number of nitrogens with zero attached hydrogens (tertiary/aromatic N) is 1. The zero-order valence-corrected chi connectivity index (χ0v) is 12.9. The van der Waals surface area contributed by atoms with Crippen LogP contribution in [0, 0.1) is 13.8 Å². The highest BCUT2D eigenvalue weighted by Crippen LogP contribution is 1.88. The zero-order valence-electron chi connectivity index (χ0n) is 12.9. The smallest absolute Gasteiger partial charge is 0.248 e. The topological polar surface area (TPSA) is 45.8 Å². The molecule has 3 heteroatoms. The number of H-pyrrole nitrogens is 1. The largest absolute Gasteiger partial charge is 0.329 e. The van der Waals surface area contributed by atoms with E-state index in [0.717, 1.165) is 5.56 Å². The molecule has 106 valence electrons. The van der Waals surface area contributed by atoms with Gasteiger partial charge in [-0.25, -0.2) is 0 Å². The zero-order chi connectivity index (χ0) is 15.1. The number of hydrogen-bond donors (Lipinski definition) is 1. The molecule has 19 heavy (non-hydrogen) atoms. The Bertz CT molecular complexity index is 450. The second-order valence-corrected chi connectivity index (χ2v) is 3.25. The molecule has 0 fully saturated rings. The van der Waals surface area contributed by atoms with E-state index >= 15 is 0 Å². The van der Waals surface area contributed by atoms with Crippen LogP contribution in [-0.2, 0) is 0 Å². The lowest BCUT2D eigenvalue weighted by molar-refractivity contribution is 1.21. The molecule has 2 rings (SSSR count). The summed E-state index contributed by atoms with van der Waals surface area (Å²) in [6.45, 7) is 11.9. The molecule has 1 N–H and O–H groups in total. The van der Waals surface area contributed by atoms with Crippen LogP contribution in [0.25, 0.3) is 0 Å². The third kappa shape index (κ3) is 12.3. The third-order valence-electron chi connectivity index (χ3n) is 1.78. The highest BCUT2D eigenvalue weighted by Gasteiger charge is 1.80. The maximum atomic E-state index is 10.4. The summed E-state index contributed by atoms with van der Waals surface area (Å²) in [5, 5.41) is 0. The van der Waals surface area contributed by atoms with Gasteiger partial charge >= 0.3 is 0 Å². The minimum Gasteiger partial charge on any atom is -0.329 e. The molecule has 0 aromatic carbocycles. The van der Waals surface area contributed by atoms with Crippen molar-refractivity contribution in [2.24, 2.45) is 0 Å². The Kier molecular flexibility index (Phi) is 14.5. The first kappa shape index (κ1) is 19.4. The Morgan fingerprint density at radius 2 is 1.42 bits per heavy atom. The van der Waals surface area contributed by atoms with E-state index < -0.39 is 0 Å². The van der Waals surface area contributed by atoms with Gasteiger partial charge in [-0.3, -0.25) is 9.78 Å². The number of aromatic amines is 1. The van der Waals surface area contributed by atoms with Gasteiger partial charge in [-0.05, 0) is 43.2 Å². The van der Waals surface area contributed by atoms with E-state index in [1.54, 1.807) is 24.7 Å². The lowest BCUT2D eigenvalue weighted by Crippen LogP contribution is -2.01. The van der Waals surface area contributed by atoms with E-state index in [-0.39, 0.29) is 5.56 Å². The van der Waals surface area contributed by atoms with Crippen LogP contribution >= 0.6 is 0 Å². The van der Waals surface area contributed by atoms with E-state index in [2.05, 4.69) is 9.97 Å². The molecule has 2 heterocycles. The van der Waals surface area contributed by atoms with Crippen molar-refractivity contribution >= 4 is 0 Å². The van der Waals surface area contributed by atoms with E-state index in [0.29, 0.717) is 0 Å². The Balaban J connectivity index is 0. The number of rotatable bonds is 0. The first-order valence-corrected chi connectivity index (χ1v) is 6.70. The summed E-state index contributed by atoms with van der Waals surface area (Å²) in [6.07, 6.45) is 5.21. The van der Waals surface area contributed by atoms with Crippen LogP contribution < -0.4 is 5.56 Å². The summed E-state index contributed by atoms with van der Waals surface area (Å²) in [5.74, 6) is 0. The van der Waals surface area contributed by atoms with Crippen LogP contribution in [0.2, 0.25) is 0 Å². The highest BCUT2D eigenvalue weighted by atomic mass is 16.1. The molecule has 2 aromatic rings. The first-order valence-electron chi connectivity index (χ1n) is 6.70. The molecule has 0 amide bonds. The molecule has 2 aromatic heterocycles. The lowest BCUT2D eigenvalue weighted by atomic mass is 10.3. The maximum absolute atomic E-state index is 10.4. The number of aryl methyl sites for hydroxylation is 2. The molecule has 0 bridgehead atoms. The molecule has 0 aliphatic heterocycles. The van der Waals surface area contributed by atoms with Gasteiger partial charge in [0.05, 0.1) is 0 Å². The monoisotopic (exact) mass is 262 g/mol. The Morgan fingerprint density at radius 3 is 1.68 bits per heavy atom. The fourth-order valence-corrected chi connectivity index (χ4v) is 0.978. The van der Waals surface area contributed by atoms with Crippen molar-refractivity contribution < 1.29 is 0 Å². The molecule has 0 saturated heterocycles. The van der Waals surface area contributed by atoms with Crippen molar-refractivity contribution in [3.63, 3.8) is 0 Å². The summed E-state index contributed by atoms with van der Waals surface area (Å²) in [4.78, 5) is 16.8. The van der Waals surface area contributed by atoms with Crippen molar-refractivity contribution in [1.29, 1.82) is 0 Å². The van der Waals surface area contributed by atoms with Crippen LogP contribution in [0.5, 0.6) is 0 Å². The summed E-state index contributed by atoms with van der Waals surface area (Å²) in [5.41, 5.74) is 2.22. The SMILES string of the molecule is CC.CC.Cc1cc[nH]c(=O)c1.Cc1ccncc1. The quantitative estimate of drug-likeness (QED) is 0.776. The summed E-state index contributed by atoms with van der Waals surface area (Å²) in [7, 11) is 0. The average molecular weight is 262 g/mol. The molecule has 3 nitrogen and oxygen atoms in total. The number of aromatic nitrogens is 2. The van der Waals surface area contributed by atoms with Gasteiger partial charge in [0.25, 0.3) is 0 Å². The predicted octanol–water partition coefficient (Wildman–Crippen LogP) is 4.13. The molecule has 0 aliphatic rings. The van der Waals surface area contributed by atoms with Gasteiger partial charge < -0.3 is 4.98 Å². The van der Waals surface area contributed by atoms with Gasteiger partial charge in [-0.15, -0.1) is 0 Å². The van der Waals surface area contributed by atoms with Crippen LogP contribution in [0.4, 0.5) is 0 Å². The molecule has 0 spiro atoms. The second-order valence-electron chi connectivity index (χ2n) is 3.25. The van der Waals surface area contributed by atoms with E-state index in [1.165, 1.54) is 5.56 Å². The van der Waals surface area contributed by atoms with Gasteiger partial charge in [-0.1, -0.05) is 27.7 Å². The van der Waals surface area contributed by atoms with Crippen LogP contribution in [0.3, 0.4) is 0 Å².